The number of nitrogens with two attached hydrogens (primary N) is 1. The molecule has 0 radical (unpaired) electrons. The van der Waals surface area contributed by atoms with Crippen molar-refractivity contribution < 1.29 is 44.9 Å². The van der Waals surface area contributed by atoms with E-state index in [2.05, 4.69) is 4.74 Å². The van der Waals surface area contributed by atoms with Gasteiger partial charge in [0.2, 0.25) is 0 Å². The Balaban J connectivity index is 0. The summed E-state index contributed by atoms with van der Waals surface area (Å²) in [5, 5.41) is 0. The van der Waals surface area contributed by atoms with E-state index in [1.807, 2.05) is 0 Å². The maximum absolute atomic E-state index is 12.3. The molecule has 1 rings (SSSR count). The molecule has 5 heteroatoms. The number of hydrogen-bond donors (Lipinski definition) is 1. The molecular formula is C8H9FNNaO2. The van der Waals surface area contributed by atoms with Gasteiger partial charge in [-0.1, -0.05) is 0 Å². The van der Waals surface area contributed by atoms with Crippen molar-refractivity contribution in [2.24, 2.45) is 5.73 Å². The third-order valence-electron chi connectivity index (χ3n) is 1.21. The number of hydrogen-bond acceptors (Lipinski definition) is 3. The molecule has 1 aromatic rings. The van der Waals surface area contributed by atoms with Crippen LogP contribution in [-0.4, -0.2) is 12.5 Å². The van der Waals surface area contributed by atoms with Gasteiger partial charge in [-0.25, -0.2) is 4.39 Å². The fraction of sp³-hybridized carbons (Fsp3) is 0.125. The van der Waals surface area contributed by atoms with Gasteiger partial charge >= 0.3 is 35.5 Å². The average Bonchev–Trinajstić information content (AvgIpc) is 2.09. The second-order valence-electron chi connectivity index (χ2n) is 2.13. The Kier molecular flexibility index (Phi) is 5.90. The third-order valence-corrected chi connectivity index (χ3v) is 1.21. The zero-order valence-corrected chi connectivity index (χ0v) is 9.29. The van der Waals surface area contributed by atoms with Crippen LogP contribution in [-0.2, 0) is 4.79 Å². The van der Waals surface area contributed by atoms with E-state index in [1.54, 1.807) is 0 Å². The van der Waals surface area contributed by atoms with Crippen molar-refractivity contribution in [3.63, 3.8) is 0 Å². The Labute approximate surface area is 98.8 Å². The molecule has 0 amide bonds. The van der Waals surface area contributed by atoms with Crippen molar-refractivity contribution in [2.45, 2.75) is 0 Å². The monoisotopic (exact) mass is 193 g/mol. The molecule has 0 aliphatic rings. The van der Waals surface area contributed by atoms with Gasteiger partial charge in [0.1, 0.15) is 11.6 Å². The molecule has 0 heterocycles. The minimum absolute atomic E-state index is 0. The van der Waals surface area contributed by atoms with Gasteiger partial charge in [0.15, 0.2) is 0 Å². The molecular weight excluding hydrogens is 184 g/mol. The van der Waals surface area contributed by atoms with Crippen LogP contribution in [0.15, 0.2) is 24.3 Å². The zero-order chi connectivity index (χ0) is 8.97. The largest absolute Gasteiger partial charge is 1.00 e. The molecule has 0 fully saturated rings. The minimum atomic E-state index is -0.540. The predicted octanol–water partition coefficient (Wildman–Crippen LogP) is -2.19. The standard InChI is InChI=1S/C8H8FNO2.Na.H/c9-6-1-3-7(4-2-6)12-8(11)5-10;;/h1-4H,5,10H2;;/q;+1;-1. The minimum Gasteiger partial charge on any atom is -1.00 e. The molecule has 3 nitrogen and oxygen atoms in total. The summed E-state index contributed by atoms with van der Waals surface area (Å²) in [7, 11) is 0. The molecule has 0 saturated heterocycles. The quantitative estimate of drug-likeness (QED) is 0.329. The number of carbonyl (C=O) groups is 1. The van der Waals surface area contributed by atoms with Gasteiger partial charge in [0.25, 0.3) is 0 Å². The first kappa shape index (κ1) is 12.6. The summed E-state index contributed by atoms with van der Waals surface area (Å²) in [6, 6.07) is 5.14. The van der Waals surface area contributed by atoms with Crippen molar-refractivity contribution in [1.82, 2.24) is 0 Å². The molecule has 0 saturated carbocycles. The first-order valence-corrected chi connectivity index (χ1v) is 3.38. The maximum Gasteiger partial charge on any atom is 1.00 e. The Morgan fingerprint density at radius 3 is 2.46 bits per heavy atom. The summed E-state index contributed by atoms with van der Waals surface area (Å²) in [5.74, 6) is -0.615. The number of benzene rings is 1. The summed E-state index contributed by atoms with van der Waals surface area (Å²) in [6.45, 7) is -0.183. The van der Waals surface area contributed by atoms with E-state index in [0.717, 1.165) is 0 Å². The van der Waals surface area contributed by atoms with E-state index in [9.17, 15) is 9.18 Å². The fourth-order valence-corrected chi connectivity index (χ4v) is 0.676. The molecule has 0 aliphatic carbocycles. The third kappa shape index (κ3) is 4.38. The molecule has 2 N–H and O–H groups in total. The van der Waals surface area contributed by atoms with Gasteiger partial charge in [-0.05, 0) is 24.3 Å². The molecule has 0 atom stereocenters. The van der Waals surface area contributed by atoms with E-state index in [-0.39, 0.29) is 43.3 Å². The number of ether oxygens (including phenoxy) is 1. The zero-order valence-electron chi connectivity index (χ0n) is 8.29. The van der Waals surface area contributed by atoms with Gasteiger partial charge in [-0.2, -0.15) is 0 Å². The smallest absolute Gasteiger partial charge is 1.00 e. The Morgan fingerprint density at radius 2 is 2.00 bits per heavy atom. The van der Waals surface area contributed by atoms with Crippen molar-refractivity contribution in [1.29, 1.82) is 0 Å². The first-order chi connectivity index (χ1) is 5.72. The molecule has 1 aromatic carbocycles. The number of esters is 1. The Bertz CT molecular complexity index is 281. The predicted molar refractivity (Wildman–Crippen MR) is 42.2 cm³/mol. The van der Waals surface area contributed by atoms with E-state index < -0.39 is 5.97 Å². The molecule has 13 heavy (non-hydrogen) atoms. The van der Waals surface area contributed by atoms with E-state index in [1.165, 1.54) is 24.3 Å². The van der Waals surface area contributed by atoms with E-state index in [4.69, 9.17) is 5.73 Å². The molecule has 66 valence electrons. The van der Waals surface area contributed by atoms with Crippen LogP contribution in [0.2, 0.25) is 0 Å². The van der Waals surface area contributed by atoms with Gasteiger partial charge in [0, 0.05) is 0 Å². The van der Waals surface area contributed by atoms with Crippen LogP contribution in [0.25, 0.3) is 0 Å². The van der Waals surface area contributed by atoms with Crippen LogP contribution >= 0.6 is 0 Å². The number of rotatable bonds is 2. The van der Waals surface area contributed by atoms with Crippen LogP contribution in [0.1, 0.15) is 1.43 Å². The molecule has 0 spiro atoms. The van der Waals surface area contributed by atoms with Gasteiger partial charge in [0.05, 0.1) is 6.54 Å². The van der Waals surface area contributed by atoms with Gasteiger partial charge in [-0.3, -0.25) is 4.79 Å². The van der Waals surface area contributed by atoms with Gasteiger partial charge < -0.3 is 11.9 Å². The Hall–Kier alpha value is -0.420. The summed E-state index contributed by atoms with van der Waals surface area (Å²) in [4.78, 5) is 10.6. The van der Waals surface area contributed by atoms with Crippen molar-refractivity contribution in [2.75, 3.05) is 6.54 Å². The van der Waals surface area contributed by atoms with Crippen LogP contribution in [0.5, 0.6) is 5.75 Å². The first-order valence-electron chi connectivity index (χ1n) is 3.38. The maximum atomic E-state index is 12.3. The van der Waals surface area contributed by atoms with Crippen molar-refractivity contribution >= 4 is 5.97 Å². The summed E-state index contributed by atoms with van der Waals surface area (Å²) < 4.78 is 17.0. The molecule has 0 unspecified atom stereocenters. The summed E-state index contributed by atoms with van der Waals surface area (Å²) >= 11 is 0. The van der Waals surface area contributed by atoms with Crippen molar-refractivity contribution in [3.8, 4) is 5.75 Å². The second-order valence-corrected chi connectivity index (χ2v) is 2.13. The van der Waals surface area contributed by atoms with Gasteiger partial charge in [-0.15, -0.1) is 0 Å². The summed E-state index contributed by atoms with van der Waals surface area (Å²) in [5.41, 5.74) is 5.00. The average molecular weight is 193 g/mol. The number of carbonyl (C=O) groups excluding carboxylic acids is 1. The molecule has 0 aliphatic heterocycles. The van der Waals surface area contributed by atoms with E-state index in [0.29, 0.717) is 5.75 Å². The second kappa shape index (κ2) is 6.10. The van der Waals surface area contributed by atoms with Crippen LogP contribution in [0.3, 0.4) is 0 Å². The molecule has 0 aromatic heterocycles. The molecule has 0 bridgehead atoms. The number of halogens is 1. The normalized spacial score (nSPS) is 8.77. The Morgan fingerprint density at radius 1 is 1.46 bits per heavy atom. The van der Waals surface area contributed by atoms with Crippen LogP contribution in [0.4, 0.5) is 4.39 Å². The summed E-state index contributed by atoms with van der Waals surface area (Å²) in [6.07, 6.45) is 0. The SMILES string of the molecule is NCC(=O)Oc1ccc(F)cc1.[H-].[Na+]. The van der Waals surface area contributed by atoms with E-state index >= 15 is 0 Å². The van der Waals surface area contributed by atoms with Crippen molar-refractivity contribution in [3.05, 3.63) is 30.1 Å². The fourth-order valence-electron chi connectivity index (χ4n) is 0.676. The topological polar surface area (TPSA) is 52.3 Å². The van der Waals surface area contributed by atoms with Crippen LogP contribution in [0, 0.1) is 5.82 Å². The van der Waals surface area contributed by atoms with Crippen LogP contribution < -0.4 is 40.0 Å².